The van der Waals surface area contributed by atoms with Gasteiger partial charge in [0.15, 0.2) is 0 Å². The summed E-state index contributed by atoms with van der Waals surface area (Å²) in [6, 6.07) is 3.86. The number of nitrogens with zero attached hydrogens (tertiary/aromatic N) is 3. The highest BCUT2D eigenvalue weighted by atomic mass is 16.6. The van der Waals surface area contributed by atoms with E-state index in [1.54, 1.807) is 11.8 Å². The SMILES string of the molecule is Cc1cc(C(=O)N2CCCC2C(=O)NCCN2CCNCC2)ccc1[N+](=O)[O-]. The predicted octanol–water partition coefficient (Wildman–Crippen LogP) is 0.529. The summed E-state index contributed by atoms with van der Waals surface area (Å²) >= 11 is 0. The highest BCUT2D eigenvalue weighted by molar-refractivity contribution is 5.98. The number of hydrogen-bond acceptors (Lipinski definition) is 6. The van der Waals surface area contributed by atoms with Gasteiger partial charge in [-0.25, -0.2) is 0 Å². The van der Waals surface area contributed by atoms with Crippen LogP contribution in [-0.4, -0.2) is 78.4 Å². The maximum absolute atomic E-state index is 12.9. The largest absolute Gasteiger partial charge is 0.353 e. The van der Waals surface area contributed by atoms with Crippen LogP contribution in [-0.2, 0) is 4.79 Å². The van der Waals surface area contributed by atoms with E-state index in [1.807, 2.05) is 0 Å². The summed E-state index contributed by atoms with van der Waals surface area (Å²) in [6.45, 7) is 7.38. The van der Waals surface area contributed by atoms with E-state index in [0.717, 1.165) is 39.1 Å². The van der Waals surface area contributed by atoms with Gasteiger partial charge in [-0.1, -0.05) is 0 Å². The summed E-state index contributed by atoms with van der Waals surface area (Å²) in [4.78, 5) is 39.9. The van der Waals surface area contributed by atoms with Gasteiger partial charge in [0.1, 0.15) is 6.04 Å². The smallest absolute Gasteiger partial charge is 0.272 e. The van der Waals surface area contributed by atoms with Crippen molar-refractivity contribution in [3.05, 3.63) is 39.4 Å². The predicted molar refractivity (Wildman–Crippen MR) is 104 cm³/mol. The average Bonchev–Trinajstić information content (AvgIpc) is 3.17. The lowest BCUT2D eigenvalue weighted by Gasteiger charge is -2.28. The zero-order valence-electron chi connectivity index (χ0n) is 16.1. The van der Waals surface area contributed by atoms with Crippen LogP contribution in [0.25, 0.3) is 0 Å². The van der Waals surface area contributed by atoms with Gasteiger partial charge in [0.05, 0.1) is 4.92 Å². The molecule has 2 aliphatic heterocycles. The first-order valence-electron chi connectivity index (χ1n) is 9.74. The topological polar surface area (TPSA) is 108 Å². The molecule has 0 radical (unpaired) electrons. The van der Waals surface area contributed by atoms with E-state index in [9.17, 15) is 19.7 Å². The van der Waals surface area contributed by atoms with Crippen molar-refractivity contribution in [1.82, 2.24) is 20.4 Å². The van der Waals surface area contributed by atoms with Crippen LogP contribution in [0.4, 0.5) is 5.69 Å². The molecule has 1 atom stereocenters. The van der Waals surface area contributed by atoms with Gasteiger partial charge in [-0.3, -0.25) is 24.6 Å². The molecular formula is C19H27N5O4. The van der Waals surface area contributed by atoms with E-state index in [4.69, 9.17) is 0 Å². The molecule has 0 saturated carbocycles. The molecule has 9 nitrogen and oxygen atoms in total. The van der Waals surface area contributed by atoms with E-state index in [2.05, 4.69) is 15.5 Å². The number of carbonyl (C=O) groups is 2. The Morgan fingerprint density at radius 2 is 2.04 bits per heavy atom. The molecule has 1 aromatic carbocycles. The Morgan fingerprint density at radius 3 is 2.71 bits per heavy atom. The van der Waals surface area contributed by atoms with Crippen LogP contribution >= 0.6 is 0 Å². The zero-order valence-corrected chi connectivity index (χ0v) is 16.1. The molecule has 2 N–H and O–H groups in total. The Bertz CT molecular complexity index is 748. The second-order valence-electron chi connectivity index (χ2n) is 7.30. The van der Waals surface area contributed by atoms with Gasteiger partial charge < -0.3 is 15.5 Å². The molecule has 2 saturated heterocycles. The number of nitro groups is 1. The quantitative estimate of drug-likeness (QED) is 0.543. The van der Waals surface area contributed by atoms with E-state index in [-0.39, 0.29) is 17.5 Å². The minimum Gasteiger partial charge on any atom is -0.353 e. The van der Waals surface area contributed by atoms with Gasteiger partial charge in [0.25, 0.3) is 11.6 Å². The van der Waals surface area contributed by atoms with Gasteiger partial charge in [-0.2, -0.15) is 0 Å². The molecule has 2 aliphatic rings. The molecule has 3 rings (SSSR count). The van der Waals surface area contributed by atoms with E-state index in [0.29, 0.717) is 30.6 Å². The van der Waals surface area contributed by atoms with Crippen LogP contribution in [0, 0.1) is 17.0 Å². The molecule has 0 spiro atoms. The maximum Gasteiger partial charge on any atom is 0.272 e. The Morgan fingerprint density at radius 1 is 1.29 bits per heavy atom. The molecule has 1 unspecified atom stereocenters. The molecule has 2 amide bonds. The minimum absolute atomic E-state index is 0.0137. The normalized spacial score (nSPS) is 20.2. The molecule has 152 valence electrons. The monoisotopic (exact) mass is 389 g/mol. The minimum atomic E-state index is -0.481. The van der Waals surface area contributed by atoms with Crippen LogP contribution in [0.15, 0.2) is 18.2 Å². The van der Waals surface area contributed by atoms with Crippen molar-refractivity contribution in [3.8, 4) is 0 Å². The van der Waals surface area contributed by atoms with Gasteiger partial charge in [-0.15, -0.1) is 0 Å². The van der Waals surface area contributed by atoms with Crippen LogP contribution < -0.4 is 10.6 Å². The van der Waals surface area contributed by atoms with Crippen LogP contribution in [0.5, 0.6) is 0 Å². The van der Waals surface area contributed by atoms with Crippen molar-refractivity contribution < 1.29 is 14.5 Å². The highest BCUT2D eigenvalue weighted by Gasteiger charge is 2.34. The first-order chi connectivity index (χ1) is 13.5. The number of nitro benzene ring substituents is 1. The molecule has 2 heterocycles. The first kappa shape index (κ1) is 20.2. The third kappa shape index (κ3) is 4.66. The van der Waals surface area contributed by atoms with Crippen LogP contribution in [0.3, 0.4) is 0 Å². The number of aryl methyl sites for hydroxylation is 1. The lowest BCUT2D eigenvalue weighted by molar-refractivity contribution is -0.385. The summed E-state index contributed by atoms with van der Waals surface area (Å²) in [5.41, 5.74) is 0.802. The van der Waals surface area contributed by atoms with Gasteiger partial charge >= 0.3 is 0 Å². The first-order valence-corrected chi connectivity index (χ1v) is 9.74. The molecule has 9 heteroatoms. The Kier molecular flexibility index (Phi) is 6.58. The number of amides is 2. The number of hydrogen-bond donors (Lipinski definition) is 2. The van der Waals surface area contributed by atoms with Crippen LogP contribution in [0.1, 0.15) is 28.8 Å². The van der Waals surface area contributed by atoms with Gasteiger partial charge in [-0.05, 0) is 31.9 Å². The number of rotatable bonds is 6. The fourth-order valence-electron chi connectivity index (χ4n) is 3.83. The highest BCUT2D eigenvalue weighted by Crippen LogP contribution is 2.24. The third-order valence-corrected chi connectivity index (χ3v) is 5.39. The Hall–Kier alpha value is -2.52. The van der Waals surface area contributed by atoms with E-state index >= 15 is 0 Å². The fourth-order valence-corrected chi connectivity index (χ4v) is 3.83. The maximum atomic E-state index is 12.9. The second-order valence-corrected chi connectivity index (χ2v) is 7.30. The van der Waals surface area contributed by atoms with Gasteiger partial charge in [0.2, 0.25) is 5.91 Å². The van der Waals surface area contributed by atoms with Crippen molar-refractivity contribution in [1.29, 1.82) is 0 Å². The summed E-state index contributed by atoms with van der Waals surface area (Å²) in [7, 11) is 0. The summed E-state index contributed by atoms with van der Waals surface area (Å²) in [5.74, 6) is -0.377. The summed E-state index contributed by atoms with van der Waals surface area (Å²) in [6.07, 6.45) is 1.41. The lowest BCUT2D eigenvalue weighted by Crippen LogP contribution is -2.49. The lowest BCUT2D eigenvalue weighted by atomic mass is 10.1. The fraction of sp³-hybridized carbons (Fsp3) is 0.579. The second kappa shape index (κ2) is 9.11. The summed E-state index contributed by atoms with van der Waals surface area (Å²) in [5, 5.41) is 17.2. The number of carbonyl (C=O) groups excluding carboxylic acids is 2. The number of benzene rings is 1. The van der Waals surface area contributed by atoms with Crippen LogP contribution in [0.2, 0.25) is 0 Å². The molecule has 1 aromatic rings. The standard InChI is InChI=1S/C19H27N5O4/c1-14-13-15(4-5-16(14)24(27)28)19(26)23-9-2-3-17(23)18(25)21-8-12-22-10-6-20-7-11-22/h4-5,13,17,20H,2-3,6-12H2,1H3,(H,21,25). The molecule has 28 heavy (non-hydrogen) atoms. The zero-order chi connectivity index (χ0) is 20.1. The number of nitrogens with one attached hydrogen (secondary N) is 2. The number of likely N-dealkylation sites (tertiary alicyclic amines) is 1. The van der Waals surface area contributed by atoms with Crippen molar-refractivity contribution in [2.24, 2.45) is 0 Å². The molecule has 0 aromatic heterocycles. The third-order valence-electron chi connectivity index (χ3n) is 5.39. The molecule has 0 aliphatic carbocycles. The molecule has 0 bridgehead atoms. The van der Waals surface area contributed by atoms with Crippen molar-refractivity contribution in [2.75, 3.05) is 45.8 Å². The van der Waals surface area contributed by atoms with E-state index in [1.165, 1.54) is 18.2 Å². The Labute approximate surface area is 164 Å². The average molecular weight is 389 g/mol. The van der Waals surface area contributed by atoms with Crippen molar-refractivity contribution >= 4 is 17.5 Å². The number of piperazine rings is 1. The Balaban J connectivity index is 1.58. The molecular weight excluding hydrogens is 362 g/mol. The van der Waals surface area contributed by atoms with Crippen molar-refractivity contribution in [2.45, 2.75) is 25.8 Å². The summed E-state index contributed by atoms with van der Waals surface area (Å²) < 4.78 is 0. The van der Waals surface area contributed by atoms with Gasteiger partial charge in [0, 0.05) is 63.0 Å². The van der Waals surface area contributed by atoms with Crippen molar-refractivity contribution in [3.63, 3.8) is 0 Å². The molecule has 2 fully saturated rings. The van der Waals surface area contributed by atoms with E-state index < -0.39 is 11.0 Å².